The molecule has 3 nitrogen and oxygen atoms in total. The summed E-state index contributed by atoms with van der Waals surface area (Å²) < 4.78 is 5.66. The molecule has 0 atom stereocenters. The molecule has 1 aliphatic heterocycles. The smallest absolute Gasteiger partial charge is 0.268 e. The van der Waals surface area contributed by atoms with Crippen LogP contribution in [0.4, 0.5) is 5.69 Å². The van der Waals surface area contributed by atoms with Crippen molar-refractivity contribution in [1.82, 2.24) is 0 Å². The van der Waals surface area contributed by atoms with Crippen LogP contribution in [0.3, 0.4) is 0 Å². The fourth-order valence-electron chi connectivity index (χ4n) is 1.61. The molecule has 0 saturated carbocycles. The molecule has 0 aromatic heterocycles. The number of benzene rings is 1. The van der Waals surface area contributed by atoms with Crippen LogP contribution in [0, 0.1) is 0 Å². The molecule has 4 heteroatoms. The Bertz CT molecular complexity index is 429. The highest BCUT2D eigenvalue weighted by atomic mass is 35.5. The predicted molar refractivity (Wildman–Crippen MR) is 64.2 cm³/mol. The Morgan fingerprint density at radius 2 is 2.19 bits per heavy atom. The number of ether oxygens (including phenoxy) is 1. The van der Waals surface area contributed by atoms with Gasteiger partial charge in [-0.25, -0.2) is 0 Å². The maximum Gasteiger partial charge on any atom is 0.268 e. The summed E-state index contributed by atoms with van der Waals surface area (Å²) in [6, 6.07) is 5.73. The summed E-state index contributed by atoms with van der Waals surface area (Å²) in [6.45, 7) is 3.50. The zero-order valence-corrected chi connectivity index (χ0v) is 10.1. The molecule has 0 spiro atoms. The van der Waals surface area contributed by atoms with Crippen LogP contribution in [0.25, 0.3) is 0 Å². The van der Waals surface area contributed by atoms with Crippen LogP contribution in [0.1, 0.15) is 19.4 Å². The first kappa shape index (κ1) is 11.3. The van der Waals surface area contributed by atoms with Crippen molar-refractivity contribution in [2.45, 2.75) is 25.9 Å². The minimum Gasteiger partial charge on any atom is -0.476 e. The highest BCUT2D eigenvalue weighted by Gasteiger charge is 2.35. The number of carbonyl (C=O) groups excluding carboxylic acids is 1. The van der Waals surface area contributed by atoms with E-state index in [1.54, 1.807) is 13.8 Å². The van der Waals surface area contributed by atoms with Crippen LogP contribution < -0.4 is 10.1 Å². The van der Waals surface area contributed by atoms with E-state index in [4.69, 9.17) is 16.3 Å². The molecule has 0 saturated heterocycles. The minimum atomic E-state index is -0.813. The minimum absolute atomic E-state index is 0.120. The monoisotopic (exact) mass is 239 g/mol. The second-order valence-electron chi connectivity index (χ2n) is 4.34. The molecule has 16 heavy (non-hydrogen) atoms. The van der Waals surface area contributed by atoms with Crippen molar-refractivity contribution in [3.8, 4) is 5.75 Å². The zero-order chi connectivity index (χ0) is 11.8. The summed E-state index contributed by atoms with van der Waals surface area (Å²) in [4.78, 5) is 11.6. The average molecular weight is 240 g/mol. The Kier molecular flexibility index (Phi) is 2.80. The van der Waals surface area contributed by atoms with Crippen molar-refractivity contribution in [1.29, 1.82) is 0 Å². The standard InChI is InChI=1S/C12H14ClNO2/c1-12(2)11(15)14-9-4-3-8(5-6-13)7-10(9)16-12/h3-4,7H,5-6H2,1-2H3,(H,14,15). The normalized spacial score (nSPS) is 17.3. The van der Waals surface area contributed by atoms with Gasteiger partial charge in [-0.15, -0.1) is 11.6 Å². The number of fused-ring (bicyclic) bond motifs is 1. The van der Waals surface area contributed by atoms with Gasteiger partial charge in [0.25, 0.3) is 5.91 Å². The van der Waals surface area contributed by atoms with Gasteiger partial charge in [0.1, 0.15) is 5.75 Å². The van der Waals surface area contributed by atoms with Crippen LogP contribution in [0.5, 0.6) is 5.75 Å². The molecule has 0 aliphatic carbocycles. The summed E-state index contributed by atoms with van der Waals surface area (Å²) in [5.41, 5.74) is 1.02. The molecular formula is C12H14ClNO2. The van der Waals surface area contributed by atoms with Crippen LogP contribution in [0.15, 0.2) is 18.2 Å². The van der Waals surface area contributed by atoms with E-state index < -0.39 is 5.60 Å². The van der Waals surface area contributed by atoms with Crippen molar-refractivity contribution < 1.29 is 9.53 Å². The van der Waals surface area contributed by atoms with Gasteiger partial charge in [-0.2, -0.15) is 0 Å². The van der Waals surface area contributed by atoms with Crippen molar-refractivity contribution >= 4 is 23.2 Å². The van der Waals surface area contributed by atoms with Crippen molar-refractivity contribution in [2.75, 3.05) is 11.2 Å². The Morgan fingerprint density at radius 1 is 1.44 bits per heavy atom. The van der Waals surface area contributed by atoms with E-state index in [9.17, 15) is 4.79 Å². The number of amides is 1. The van der Waals surface area contributed by atoms with E-state index in [1.807, 2.05) is 18.2 Å². The third-order valence-electron chi connectivity index (χ3n) is 2.59. The number of alkyl halides is 1. The summed E-state index contributed by atoms with van der Waals surface area (Å²) in [6.07, 6.45) is 0.798. The molecule has 1 aromatic rings. The third kappa shape index (κ3) is 2.00. The van der Waals surface area contributed by atoms with Gasteiger partial charge >= 0.3 is 0 Å². The number of carbonyl (C=O) groups is 1. The summed E-state index contributed by atoms with van der Waals surface area (Å²) >= 11 is 5.69. The largest absolute Gasteiger partial charge is 0.476 e. The maximum absolute atomic E-state index is 11.6. The highest BCUT2D eigenvalue weighted by Crippen LogP contribution is 2.34. The van der Waals surface area contributed by atoms with Crippen LogP contribution in [-0.2, 0) is 11.2 Å². The zero-order valence-electron chi connectivity index (χ0n) is 9.34. The molecule has 1 aliphatic rings. The average Bonchev–Trinajstić information content (AvgIpc) is 2.20. The third-order valence-corrected chi connectivity index (χ3v) is 2.78. The Hall–Kier alpha value is -1.22. The lowest BCUT2D eigenvalue weighted by molar-refractivity contribution is -0.129. The quantitative estimate of drug-likeness (QED) is 0.806. The maximum atomic E-state index is 11.6. The Labute approximate surface area is 99.7 Å². The van der Waals surface area contributed by atoms with Gasteiger partial charge in [-0.1, -0.05) is 6.07 Å². The lowest BCUT2D eigenvalue weighted by Crippen LogP contribution is -2.45. The molecule has 1 heterocycles. The first-order valence-electron chi connectivity index (χ1n) is 5.22. The SMILES string of the molecule is CC1(C)Oc2cc(CCCl)ccc2NC1=O. The van der Waals surface area contributed by atoms with Crippen molar-refractivity contribution in [3.63, 3.8) is 0 Å². The summed E-state index contributed by atoms with van der Waals surface area (Å²) in [5.74, 6) is 1.17. The number of hydrogen-bond acceptors (Lipinski definition) is 2. The van der Waals surface area contributed by atoms with Crippen molar-refractivity contribution in [2.24, 2.45) is 0 Å². The van der Waals surface area contributed by atoms with E-state index in [0.717, 1.165) is 17.7 Å². The Morgan fingerprint density at radius 3 is 2.88 bits per heavy atom. The van der Waals surface area contributed by atoms with Gasteiger partial charge in [0.05, 0.1) is 5.69 Å². The Balaban J connectivity index is 2.34. The number of anilines is 1. The molecular weight excluding hydrogens is 226 g/mol. The van der Waals surface area contributed by atoms with Crippen LogP contribution >= 0.6 is 11.6 Å². The topological polar surface area (TPSA) is 38.3 Å². The number of hydrogen-bond donors (Lipinski definition) is 1. The molecule has 0 unspecified atom stereocenters. The van der Waals surface area contributed by atoms with Gasteiger partial charge in [0.15, 0.2) is 5.60 Å². The lowest BCUT2D eigenvalue weighted by atomic mass is 10.0. The number of rotatable bonds is 2. The number of aryl methyl sites for hydroxylation is 1. The molecule has 1 N–H and O–H groups in total. The molecule has 0 radical (unpaired) electrons. The second kappa shape index (κ2) is 3.98. The van der Waals surface area contributed by atoms with Gasteiger partial charge < -0.3 is 10.1 Å². The van der Waals surface area contributed by atoms with Gasteiger partial charge in [-0.05, 0) is 38.0 Å². The van der Waals surface area contributed by atoms with Gasteiger partial charge in [0, 0.05) is 5.88 Å². The van der Waals surface area contributed by atoms with E-state index in [-0.39, 0.29) is 5.91 Å². The van der Waals surface area contributed by atoms with E-state index in [2.05, 4.69) is 5.32 Å². The highest BCUT2D eigenvalue weighted by molar-refractivity contribution is 6.18. The summed E-state index contributed by atoms with van der Waals surface area (Å²) in [7, 11) is 0. The number of nitrogens with one attached hydrogen (secondary N) is 1. The van der Waals surface area contributed by atoms with Crippen LogP contribution in [-0.4, -0.2) is 17.4 Å². The van der Waals surface area contributed by atoms with Crippen LogP contribution in [0.2, 0.25) is 0 Å². The molecule has 1 aromatic carbocycles. The second-order valence-corrected chi connectivity index (χ2v) is 4.71. The molecule has 0 fully saturated rings. The van der Waals surface area contributed by atoms with E-state index >= 15 is 0 Å². The number of halogens is 1. The summed E-state index contributed by atoms with van der Waals surface area (Å²) in [5, 5.41) is 2.82. The molecule has 1 amide bonds. The van der Waals surface area contributed by atoms with E-state index in [0.29, 0.717) is 11.6 Å². The fraction of sp³-hybridized carbons (Fsp3) is 0.417. The molecule has 2 rings (SSSR count). The first-order valence-corrected chi connectivity index (χ1v) is 5.76. The van der Waals surface area contributed by atoms with E-state index in [1.165, 1.54) is 0 Å². The predicted octanol–water partition coefficient (Wildman–Crippen LogP) is 2.58. The fourth-order valence-corrected chi connectivity index (χ4v) is 1.83. The van der Waals surface area contributed by atoms with Crippen molar-refractivity contribution in [3.05, 3.63) is 23.8 Å². The van der Waals surface area contributed by atoms with Gasteiger partial charge in [-0.3, -0.25) is 4.79 Å². The molecule has 0 bridgehead atoms. The first-order chi connectivity index (χ1) is 7.53. The lowest BCUT2D eigenvalue weighted by Gasteiger charge is -2.31. The van der Waals surface area contributed by atoms with Gasteiger partial charge in [0.2, 0.25) is 0 Å². The molecule has 86 valence electrons.